The summed E-state index contributed by atoms with van der Waals surface area (Å²) in [6, 6.07) is 13.2. The molecule has 0 radical (unpaired) electrons. The third kappa shape index (κ3) is 3.99. The van der Waals surface area contributed by atoms with Gasteiger partial charge in [0.1, 0.15) is 5.01 Å². The summed E-state index contributed by atoms with van der Waals surface area (Å²) in [6.45, 7) is 0.0201. The number of hydrogen-bond acceptors (Lipinski definition) is 4. The Morgan fingerprint density at radius 2 is 1.82 bits per heavy atom. The molecule has 0 spiro atoms. The molecule has 3 rings (SSSR count). The average molecular weight is 429 g/mol. The Balaban J connectivity index is 1.88. The summed E-state index contributed by atoms with van der Waals surface area (Å²) in [6.07, 6.45) is -6.24. The predicted molar refractivity (Wildman–Crippen MR) is 102 cm³/mol. The first-order valence-corrected chi connectivity index (χ1v) is 9.44. The molecule has 0 aliphatic carbocycles. The maximum Gasteiger partial charge on any atom is 0.424 e. The Morgan fingerprint density at radius 1 is 1.18 bits per heavy atom. The molecule has 148 valence electrons. The maximum atomic E-state index is 13.8. The number of benzene rings is 2. The van der Waals surface area contributed by atoms with Gasteiger partial charge in [-0.05, 0) is 23.8 Å². The Kier molecular flexibility index (Phi) is 5.65. The van der Waals surface area contributed by atoms with Gasteiger partial charge < -0.3 is 10.0 Å². The van der Waals surface area contributed by atoms with Gasteiger partial charge in [0, 0.05) is 18.6 Å². The number of nitrogens with zero attached hydrogens (tertiary/aromatic N) is 2. The standard InChI is InChI=1S/C19H16ClF3N2O2S/c1-25(11-12-6-2-3-7-13(12)20)16(26)10-18(27,19(21,22)23)17-24-14-8-4-5-9-15(14)28-17/h2-9,27H,10-11H2,1H3. The Bertz CT molecular complexity index is 975. The zero-order chi connectivity index (χ0) is 20.5. The van der Waals surface area contributed by atoms with Gasteiger partial charge in [-0.15, -0.1) is 11.3 Å². The minimum absolute atomic E-state index is 0.0201. The molecule has 0 aliphatic heterocycles. The predicted octanol–water partition coefficient (Wildman–Crippen LogP) is 4.75. The molecular weight excluding hydrogens is 413 g/mol. The molecule has 1 amide bonds. The van der Waals surface area contributed by atoms with Gasteiger partial charge in [0.15, 0.2) is 0 Å². The molecule has 1 N–H and O–H groups in total. The number of fused-ring (bicyclic) bond motifs is 1. The molecule has 1 unspecified atom stereocenters. The van der Waals surface area contributed by atoms with E-state index in [0.29, 0.717) is 20.8 Å². The lowest BCUT2D eigenvalue weighted by Crippen LogP contribution is -2.46. The lowest BCUT2D eigenvalue weighted by atomic mass is 9.98. The number of para-hydroxylation sites is 1. The molecule has 1 heterocycles. The van der Waals surface area contributed by atoms with Crippen molar-refractivity contribution >= 4 is 39.1 Å². The summed E-state index contributed by atoms with van der Waals surface area (Å²) in [4.78, 5) is 17.5. The molecule has 1 aromatic heterocycles. The fraction of sp³-hybridized carbons (Fsp3) is 0.263. The van der Waals surface area contributed by atoms with Crippen LogP contribution in [-0.4, -0.2) is 34.1 Å². The summed E-state index contributed by atoms with van der Waals surface area (Å²) >= 11 is 6.76. The van der Waals surface area contributed by atoms with Gasteiger partial charge in [0.25, 0.3) is 0 Å². The van der Waals surface area contributed by atoms with Gasteiger partial charge >= 0.3 is 6.18 Å². The number of rotatable bonds is 5. The second-order valence-electron chi connectivity index (χ2n) is 6.36. The lowest BCUT2D eigenvalue weighted by Gasteiger charge is -2.30. The van der Waals surface area contributed by atoms with Gasteiger partial charge in [-0.2, -0.15) is 13.2 Å². The van der Waals surface area contributed by atoms with Crippen molar-refractivity contribution in [3.05, 3.63) is 64.1 Å². The number of aliphatic hydroxyl groups is 1. The van der Waals surface area contributed by atoms with Gasteiger partial charge in [-0.1, -0.05) is 41.9 Å². The number of alkyl halides is 3. The van der Waals surface area contributed by atoms with Crippen LogP contribution in [0, 0.1) is 0 Å². The molecule has 0 saturated carbocycles. The molecule has 0 saturated heterocycles. The topological polar surface area (TPSA) is 53.4 Å². The first-order valence-electron chi connectivity index (χ1n) is 8.24. The van der Waals surface area contributed by atoms with E-state index in [1.165, 1.54) is 7.05 Å². The van der Waals surface area contributed by atoms with E-state index in [-0.39, 0.29) is 6.54 Å². The maximum absolute atomic E-state index is 13.8. The number of aromatic nitrogens is 1. The number of thiazole rings is 1. The SMILES string of the molecule is CN(Cc1ccccc1Cl)C(=O)CC(O)(c1nc2ccccc2s1)C(F)(F)F. The molecule has 9 heteroatoms. The fourth-order valence-electron chi connectivity index (χ4n) is 2.67. The molecule has 28 heavy (non-hydrogen) atoms. The van der Waals surface area contributed by atoms with E-state index in [0.717, 1.165) is 16.2 Å². The van der Waals surface area contributed by atoms with E-state index in [1.807, 2.05) is 0 Å². The molecule has 4 nitrogen and oxygen atoms in total. The van der Waals surface area contributed by atoms with Crippen LogP contribution in [0.15, 0.2) is 48.5 Å². The fourth-order valence-corrected chi connectivity index (χ4v) is 3.94. The van der Waals surface area contributed by atoms with Gasteiger partial charge in [-0.3, -0.25) is 4.79 Å². The van der Waals surface area contributed by atoms with Crippen molar-refractivity contribution in [2.45, 2.75) is 24.7 Å². The highest BCUT2D eigenvalue weighted by Crippen LogP contribution is 2.44. The summed E-state index contributed by atoms with van der Waals surface area (Å²) in [5.74, 6) is -0.876. The van der Waals surface area contributed by atoms with Crippen molar-refractivity contribution in [1.82, 2.24) is 9.88 Å². The van der Waals surface area contributed by atoms with Crippen LogP contribution in [0.3, 0.4) is 0 Å². The monoisotopic (exact) mass is 428 g/mol. The van der Waals surface area contributed by atoms with Crippen LogP contribution in [0.1, 0.15) is 17.0 Å². The highest BCUT2D eigenvalue weighted by atomic mass is 35.5. The average Bonchev–Trinajstić information content (AvgIpc) is 3.07. The van der Waals surface area contributed by atoms with Crippen LogP contribution < -0.4 is 0 Å². The zero-order valence-corrected chi connectivity index (χ0v) is 16.3. The third-order valence-corrected chi connectivity index (χ3v) is 5.87. The minimum Gasteiger partial charge on any atom is -0.374 e. The van der Waals surface area contributed by atoms with E-state index in [2.05, 4.69) is 4.98 Å². The highest BCUT2D eigenvalue weighted by molar-refractivity contribution is 7.18. The van der Waals surface area contributed by atoms with Crippen molar-refractivity contribution < 1.29 is 23.1 Å². The van der Waals surface area contributed by atoms with Crippen LogP contribution in [-0.2, 0) is 16.9 Å². The van der Waals surface area contributed by atoms with Crippen LogP contribution >= 0.6 is 22.9 Å². The van der Waals surface area contributed by atoms with Gasteiger partial charge in [-0.25, -0.2) is 4.98 Å². The molecular formula is C19H16ClF3N2O2S. The van der Waals surface area contributed by atoms with Crippen molar-refractivity contribution in [1.29, 1.82) is 0 Å². The number of carbonyl (C=O) groups excluding carboxylic acids is 1. The first kappa shape index (κ1) is 20.6. The van der Waals surface area contributed by atoms with Crippen LogP contribution in [0.2, 0.25) is 5.02 Å². The summed E-state index contributed by atoms with van der Waals surface area (Å²) in [7, 11) is 1.36. The van der Waals surface area contributed by atoms with E-state index in [1.54, 1.807) is 48.5 Å². The van der Waals surface area contributed by atoms with E-state index in [4.69, 9.17) is 11.6 Å². The smallest absolute Gasteiger partial charge is 0.374 e. The quantitative estimate of drug-likeness (QED) is 0.638. The zero-order valence-electron chi connectivity index (χ0n) is 14.7. The Labute approximate surface area is 168 Å². The molecule has 3 aromatic rings. The van der Waals surface area contributed by atoms with Crippen LogP contribution in [0.25, 0.3) is 10.2 Å². The number of halogens is 4. The largest absolute Gasteiger partial charge is 0.424 e. The third-order valence-electron chi connectivity index (χ3n) is 4.31. The molecule has 0 fully saturated rings. The summed E-state index contributed by atoms with van der Waals surface area (Å²) in [5.41, 5.74) is -2.44. The van der Waals surface area contributed by atoms with Gasteiger partial charge in [0.05, 0.1) is 16.6 Å². The van der Waals surface area contributed by atoms with Crippen LogP contribution in [0.5, 0.6) is 0 Å². The van der Waals surface area contributed by atoms with E-state index in [9.17, 15) is 23.1 Å². The number of carbonyl (C=O) groups is 1. The van der Waals surface area contributed by atoms with Crippen molar-refractivity contribution in [3.63, 3.8) is 0 Å². The van der Waals surface area contributed by atoms with Crippen LogP contribution in [0.4, 0.5) is 13.2 Å². The second-order valence-corrected chi connectivity index (χ2v) is 7.80. The summed E-state index contributed by atoms with van der Waals surface area (Å²) < 4.78 is 41.8. The first-order chi connectivity index (χ1) is 13.1. The number of hydrogen-bond donors (Lipinski definition) is 1. The molecule has 1 atom stereocenters. The molecule has 0 bridgehead atoms. The lowest BCUT2D eigenvalue weighted by molar-refractivity contribution is -0.268. The number of amides is 1. The minimum atomic E-state index is -5.07. The normalized spacial score (nSPS) is 14.1. The summed E-state index contributed by atoms with van der Waals surface area (Å²) in [5, 5.41) is 10.4. The van der Waals surface area contributed by atoms with Crippen molar-refractivity contribution in [2.24, 2.45) is 0 Å². The van der Waals surface area contributed by atoms with Gasteiger partial charge in [0.2, 0.25) is 11.5 Å². The molecule has 0 aliphatic rings. The Hall–Kier alpha value is -2.16. The molecule has 2 aromatic carbocycles. The van der Waals surface area contributed by atoms with E-state index >= 15 is 0 Å². The van der Waals surface area contributed by atoms with E-state index < -0.39 is 29.1 Å². The van der Waals surface area contributed by atoms with Crippen molar-refractivity contribution in [2.75, 3.05) is 7.05 Å². The van der Waals surface area contributed by atoms with Crippen molar-refractivity contribution in [3.8, 4) is 0 Å². The highest BCUT2D eigenvalue weighted by Gasteiger charge is 2.58. The second kappa shape index (κ2) is 7.69. The Morgan fingerprint density at radius 3 is 2.46 bits per heavy atom.